The van der Waals surface area contributed by atoms with Gasteiger partial charge in [0.1, 0.15) is 10.8 Å². The van der Waals surface area contributed by atoms with Crippen LogP contribution in [0, 0.1) is 6.92 Å². The van der Waals surface area contributed by atoms with Crippen LogP contribution in [0.5, 0.6) is 0 Å². The van der Waals surface area contributed by atoms with Crippen LogP contribution in [0.4, 0.5) is 5.82 Å². The Morgan fingerprint density at radius 2 is 1.88 bits per heavy atom. The second kappa shape index (κ2) is 4.36. The van der Waals surface area contributed by atoms with Gasteiger partial charge in [-0.1, -0.05) is 35.3 Å². The van der Waals surface area contributed by atoms with Gasteiger partial charge in [-0.15, -0.1) is 0 Å². The van der Waals surface area contributed by atoms with E-state index in [1.165, 1.54) is 0 Å². The molecule has 0 amide bonds. The molecule has 0 aliphatic heterocycles. The molecular weight excluding hydrogens is 245 g/mol. The number of aryl methyl sites for hydroxylation is 1. The van der Waals surface area contributed by atoms with Crippen molar-refractivity contribution in [2.24, 2.45) is 0 Å². The van der Waals surface area contributed by atoms with Crippen molar-refractivity contribution in [3.63, 3.8) is 0 Å². The zero-order valence-corrected chi connectivity index (χ0v) is 10.3. The number of nitrogens with zero attached hydrogens (tertiary/aromatic N) is 2. The highest BCUT2D eigenvalue weighted by Crippen LogP contribution is 2.23. The summed E-state index contributed by atoms with van der Waals surface area (Å²) in [4.78, 5) is 0. The Labute approximate surface area is 104 Å². The van der Waals surface area contributed by atoms with Crippen LogP contribution >= 0.6 is 23.2 Å². The van der Waals surface area contributed by atoms with Gasteiger partial charge in [0.15, 0.2) is 0 Å². The molecule has 0 saturated carbocycles. The van der Waals surface area contributed by atoms with E-state index in [0.717, 1.165) is 11.3 Å². The minimum Gasteiger partial charge on any atom is -0.383 e. The van der Waals surface area contributed by atoms with E-state index >= 15 is 0 Å². The second-order valence-electron chi connectivity index (χ2n) is 3.57. The van der Waals surface area contributed by atoms with E-state index in [4.69, 9.17) is 28.9 Å². The molecule has 5 heteroatoms. The third kappa shape index (κ3) is 2.15. The Hall–Kier alpha value is -1.19. The Balaban J connectivity index is 2.27. The molecule has 0 radical (unpaired) electrons. The highest BCUT2D eigenvalue weighted by molar-refractivity contribution is 6.33. The third-order valence-corrected chi connectivity index (χ3v) is 3.06. The molecule has 0 unspecified atom stereocenters. The van der Waals surface area contributed by atoms with E-state index in [-0.39, 0.29) is 0 Å². The summed E-state index contributed by atoms with van der Waals surface area (Å²) in [6.45, 7) is 2.42. The molecule has 16 heavy (non-hydrogen) atoms. The summed E-state index contributed by atoms with van der Waals surface area (Å²) < 4.78 is 1.68. The summed E-state index contributed by atoms with van der Waals surface area (Å²) in [5.41, 5.74) is 7.65. The van der Waals surface area contributed by atoms with Crippen molar-refractivity contribution in [2.75, 3.05) is 5.73 Å². The van der Waals surface area contributed by atoms with E-state index in [9.17, 15) is 0 Å². The van der Waals surface area contributed by atoms with Crippen molar-refractivity contribution >= 4 is 29.0 Å². The van der Waals surface area contributed by atoms with Crippen LogP contribution in [0.3, 0.4) is 0 Å². The van der Waals surface area contributed by atoms with Crippen LogP contribution in [0.25, 0.3) is 0 Å². The van der Waals surface area contributed by atoms with Crippen molar-refractivity contribution < 1.29 is 0 Å². The third-order valence-electron chi connectivity index (χ3n) is 2.34. The van der Waals surface area contributed by atoms with Crippen molar-refractivity contribution in [1.82, 2.24) is 9.78 Å². The zero-order valence-electron chi connectivity index (χ0n) is 8.74. The van der Waals surface area contributed by atoms with Gasteiger partial charge in [-0.05, 0) is 24.6 Å². The number of benzene rings is 1. The van der Waals surface area contributed by atoms with Gasteiger partial charge < -0.3 is 5.73 Å². The Kier molecular flexibility index (Phi) is 3.08. The van der Waals surface area contributed by atoms with Gasteiger partial charge in [-0.2, -0.15) is 5.10 Å². The second-order valence-corrected chi connectivity index (χ2v) is 4.38. The lowest BCUT2D eigenvalue weighted by atomic mass is 10.2. The van der Waals surface area contributed by atoms with Crippen molar-refractivity contribution in [1.29, 1.82) is 0 Å². The van der Waals surface area contributed by atoms with E-state index in [1.807, 2.05) is 31.2 Å². The molecular formula is C11H11Cl2N3. The van der Waals surface area contributed by atoms with Gasteiger partial charge in [0.25, 0.3) is 0 Å². The molecule has 1 aromatic carbocycles. The molecule has 0 aliphatic carbocycles. The smallest absolute Gasteiger partial charge is 0.141 e. The number of aromatic nitrogens is 2. The molecule has 1 aromatic heterocycles. The summed E-state index contributed by atoms with van der Waals surface area (Å²) in [6, 6.07) is 7.55. The number of hydrogen-bond donors (Lipinski definition) is 1. The van der Waals surface area contributed by atoms with Gasteiger partial charge in [-0.3, -0.25) is 0 Å². The van der Waals surface area contributed by atoms with Crippen LogP contribution in [0.15, 0.2) is 24.3 Å². The minimum atomic E-state index is 0.495. The largest absolute Gasteiger partial charge is 0.383 e. The molecule has 3 nitrogen and oxygen atoms in total. The summed E-state index contributed by atoms with van der Waals surface area (Å²) in [6.07, 6.45) is 0. The van der Waals surface area contributed by atoms with Crippen LogP contribution < -0.4 is 5.73 Å². The number of rotatable bonds is 2. The number of nitrogens with two attached hydrogens (primary N) is 1. The predicted octanol–water partition coefficient (Wildman–Crippen LogP) is 3.13. The topological polar surface area (TPSA) is 43.8 Å². The van der Waals surface area contributed by atoms with Gasteiger partial charge in [-0.25, -0.2) is 4.68 Å². The lowest BCUT2D eigenvalue weighted by Gasteiger charge is -2.04. The van der Waals surface area contributed by atoms with E-state index in [0.29, 0.717) is 22.4 Å². The maximum Gasteiger partial charge on any atom is 0.141 e. The van der Waals surface area contributed by atoms with Gasteiger partial charge in [0.05, 0.1) is 12.2 Å². The number of halogens is 2. The average molecular weight is 256 g/mol. The zero-order chi connectivity index (χ0) is 11.7. The standard InChI is InChI=1S/C11H11Cl2N3/c1-7-10(13)11(14)16(15-7)6-8-2-4-9(12)5-3-8/h2-5H,6,14H2,1H3. The molecule has 2 N–H and O–H groups in total. The first kappa shape index (κ1) is 11.3. The summed E-state index contributed by atoms with van der Waals surface area (Å²) in [7, 11) is 0. The fourth-order valence-corrected chi connectivity index (χ4v) is 1.72. The maximum atomic E-state index is 5.96. The van der Waals surface area contributed by atoms with Crippen LogP contribution in [0.1, 0.15) is 11.3 Å². The summed E-state index contributed by atoms with van der Waals surface area (Å²) >= 11 is 11.8. The lowest BCUT2D eigenvalue weighted by Crippen LogP contribution is -2.05. The molecule has 0 aliphatic rings. The Morgan fingerprint density at radius 3 is 2.38 bits per heavy atom. The number of hydrogen-bond acceptors (Lipinski definition) is 2. The van der Waals surface area contributed by atoms with Gasteiger partial charge in [0, 0.05) is 5.02 Å². The number of nitrogen functional groups attached to an aromatic ring is 1. The fraction of sp³-hybridized carbons (Fsp3) is 0.182. The molecule has 84 valence electrons. The molecule has 2 aromatic rings. The SMILES string of the molecule is Cc1nn(Cc2ccc(Cl)cc2)c(N)c1Cl. The highest BCUT2D eigenvalue weighted by Gasteiger charge is 2.09. The quantitative estimate of drug-likeness (QED) is 0.897. The van der Waals surface area contributed by atoms with Gasteiger partial charge in [0.2, 0.25) is 0 Å². The minimum absolute atomic E-state index is 0.495. The molecule has 0 saturated heterocycles. The Morgan fingerprint density at radius 1 is 1.25 bits per heavy atom. The van der Waals surface area contributed by atoms with Gasteiger partial charge >= 0.3 is 0 Å². The van der Waals surface area contributed by atoms with Crippen molar-refractivity contribution in [3.8, 4) is 0 Å². The lowest BCUT2D eigenvalue weighted by molar-refractivity contribution is 0.689. The number of anilines is 1. The Bertz CT molecular complexity index is 503. The van der Waals surface area contributed by atoms with Crippen LogP contribution in [-0.2, 0) is 6.54 Å². The van der Waals surface area contributed by atoms with Crippen molar-refractivity contribution in [3.05, 3.63) is 45.6 Å². The summed E-state index contributed by atoms with van der Waals surface area (Å²) in [5, 5.41) is 5.49. The normalized spacial score (nSPS) is 10.7. The van der Waals surface area contributed by atoms with Crippen molar-refractivity contribution in [2.45, 2.75) is 13.5 Å². The monoisotopic (exact) mass is 255 g/mol. The highest BCUT2D eigenvalue weighted by atomic mass is 35.5. The summed E-state index contributed by atoms with van der Waals surface area (Å²) in [5.74, 6) is 0.495. The maximum absolute atomic E-state index is 5.96. The molecule has 2 rings (SSSR count). The molecule has 1 heterocycles. The first-order chi connectivity index (χ1) is 7.58. The first-order valence-corrected chi connectivity index (χ1v) is 5.56. The molecule has 0 atom stereocenters. The molecule has 0 fully saturated rings. The predicted molar refractivity (Wildman–Crippen MR) is 66.9 cm³/mol. The fourth-order valence-electron chi connectivity index (χ4n) is 1.46. The average Bonchev–Trinajstić information content (AvgIpc) is 2.50. The van der Waals surface area contributed by atoms with E-state index < -0.39 is 0 Å². The van der Waals surface area contributed by atoms with Crippen LogP contribution in [-0.4, -0.2) is 9.78 Å². The van der Waals surface area contributed by atoms with E-state index in [2.05, 4.69) is 5.10 Å². The first-order valence-electron chi connectivity index (χ1n) is 4.81. The molecule has 0 bridgehead atoms. The molecule has 0 spiro atoms. The van der Waals surface area contributed by atoms with E-state index in [1.54, 1.807) is 4.68 Å². The van der Waals surface area contributed by atoms with Crippen LogP contribution in [0.2, 0.25) is 10.0 Å².